The standard InChI is InChI=1S/C37H50N4O7/c1-9-11-23-41(33(44)28(21-22-30(38)42)40-35(46)48-37(6,7)8)31(27-19-17-25(10-2)18-20-27)32(43)39-29(34(45)47-36(3,4)5)24-26-15-13-12-14-16-26/h2,12-20,28-29,31H,9,11,21-24H2,1,3-8H3,(H2,38,42)(H,39,43)(H,40,46). The van der Waals surface area contributed by atoms with Gasteiger partial charge in [0.05, 0.1) is 0 Å². The van der Waals surface area contributed by atoms with Gasteiger partial charge in [0.1, 0.15) is 29.3 Å². The molecule has 0 radical (unpaired) electrons. The van der Waals surface area contributed by atoms with Gasteiger partial charge in [-0.05, 0) is 77.6 Å². The van der Waals surface area contributed by atoms with E-state index in [1.54, 1.807) is 65.8 Å². The number of rotatable bonds is 15. The van der Waals surface area contributed by atoms with Gasteiger partial charge in [-0.2, -0.15) is 0 Å². The molecule has 0 spiro atoms. The van der Waals surface area contributed by atoms with E-state index in [0.717, 1.165) is 5.56 Å². The van der Waals surface area contributed by atoms with Crippen LogP contribution >= 0.6 is 0 Å². The van der Waals surface area contributed by atoms with E-state index in [-0.39, 0.29) is 25.8 Å². The summed E-state index contributed by atoms with van der Waals surface area (Å²) in [6.45, 7) is 12.3. The zero-order chi connectivity index (χ0) is 36.1. The fourth-order valence-electron chi connectivity index (χ4n) is 4.79. The second-order valence-electron chi connectivity index (χ2n) is 13.5. The molecule has 0 heterocycles. The van der Waals surface area contributed by atoms with Crippen LogP contribution in [-0.4, -0.2) is 64.5 Å². The first-order chi connectivity index (χ1) is 22.4. The molecule has 0 aliphatic rings. The van der Waals surface area contributed by atoms with Gasteiger partial charge in [0.15, 0.2) is 0 Å². The number of benzene rings is 2. The summed E-state index contributed by atoms with van der Waals surface area (Å²) in [4.78, 5) is 68.3. The maximum Gasteiger partial charge on any atom is 0.408 e. The summed E-state index contributed by atoms with van der Waals surface area (Å²) in [5.74, 6) is -0.0432. The van der Waals surface area contributed by atoms with E-state index in [1.165, 1.54) is 4.90 Å². The zero-order valence-corrected chi connectivity index (χ0v) is 29.1. The molecule has 2 aromatic carbocycles. The van der Waals surface area contributed by atoms with Crippen LogP contribution in [0.1, 0.15) is 96.9 Å². The highest BCUT2D eigenvalue weighted by molar-refractivity contribution is 5.94. The second-order valence-corrected chi connectivity index (χ2v) is 13.5. The maximum atomic E-state index is 14.4. The number of nitrogens with two attached hydrogens (primary N) is 1. The van der Waals surface area contributed by atoms with Crippen LogP contribution in [0, 0.1) is 12.3 Å². The lowest BCUT2D eigenvalue weighted by molar-refractivity contribution is -0.159. The van der Waals surface area contributed by atoms with Gasteiger partial charge in [0.25, 0.3) is 0 Å². The summed E-state index contributed by atoms with van der Waals surface area (Å²) >= 11 is 0. The predicted molar refractivity (Wildman–Crippen MR) is 183 cm³/mol. The van der Waals surface area contributed by atoms with Crippen molar-refractivity contribution in [1.29, 1.82) is 0 Å². The van der Waals surface area contributed by atoms with E-state index in [0.29, 0.717) is 24.0 Å². The molecule has 0 saturated heterocycles. The van der Waals surface area contributed by atoms with Crippen LogP contribution in [0.25, 0.3) is 0 Å². The molecule has 11 nitrogen and oxygen atoms in total. The minimum absolute atomic E-state index is 0.114. The van der Waals surface area contributed by atoms with Gasteiger partial charge in [-0.1, -0.05) is 61.7 Å². The molecule has 0 aliphatic carbocycles. The Bertz CT molecular complexity index is 1440. The van der Waals surface area contributed by atoms with Crippen LogP contribution in [0.3, 0.4) is 0 Å². The Morgan fingerprint density at radius 2 is 1.48 bits per heavy atom. The van der Waals surface area contributed by atoms with Crippen molar-refractivity contribution in [3.8, 4) is 12.3 Å². The Morgan fingerprint density at radius 3 is 2.00 bits per heavy atom. The van der Waals surface area contributed by atoms with Gasteiger partial charge in [-0.25, -0.2) is 9.59 Å². The van der Waals surface area contributed by atoms with Crippen molar-refractivity contribution < 1.29 is 33.4 Å². The Hall–Kier alpha value is -4.85. The van der Waals surface area contributed by atoms with Gasteiger partial charge in [0.2, 0.25) is 17.7 Å². The van der Waals surface area contributed by atoms with Gasteiger partial charge >= 0.3 is 12.1 Å². The lowest BCUT2D eigenvalue weighted by Crippen LogP contribution is -2.55. The fourth-order valence-corrected chi connectivity index (χ4v) is 4.79. The molecule has 0 saturated carbocycles. The molecule has 48 heavy (non-hydrogen) atoms. The molecule has 3 unspecified atom stereocenters. The first-order valence-electron chi connectivity index (χ1n) is 16.2. The number of nitrogens with one attached hydrogen (secondary N) is 2. The van der Waals surface area contributed by atoms with Gasteiger partial charge < -0.3 is 30.7 Å². The van der Waals surface area contributed by atoms with Crippen LogP contribution in [0.2, 0.25) is 0 Å². The van der Waals surface area contributed by atoms with Crippen LogP contribution in [0.15, 0.2) is 54.6 Å². The van der Waals surface area contributed by atoms with Crippen molar-refractivity contribution in [3.05, 3.63) is 71.3 Å². The lowest BCUT2D eigenvalue weighted by atomic mass is 9.98. The summed E-state index contributed by atoms with van der Waals surface area (Å²) in [6, 6.07) is 12.2. The third kappa shape index (κ3) is 13.5. The number of nitrogens with zero attached hydrogens (tertiary/aromatic N) is 1. The molecule has 260 valence electrons. The minimum atomic E-state index is -1.26. The van der Waals surface area contributed by atoms with Crippen molar-refractivity contribution in [2.24, 2.45) is 5.73 Å². The van der Waals surface area contributed by atoms with Crippen LogP contribution in [0.4, 0.5) is 4.79 Å². The number of terminal acetylenes is 1. The number of hydrogen-bond donors (Lipinski definition) is 3. The normalized spacial score (nSPS) is 13.2. The number of hydrogen-bond acceptors (Lipinski definition) is 7. The van der Waals surface area contributed by atoms with E-state index in [4.69, 9.17) is 21.6 Å². The van der Waals surface area contributed by atoms with E-state index < -0.39 is 59.1 Å². The molecule has 0 fully saturated rings. The minimum Gasteiger partial charge on any atom is -0.458 e. The molecule has 0 bridgehead atoms. The maximum absolute atomic E-state index is 14.4. The summed E-state index contributed by atoms with van der Waals surface area (Å²) in [6.07, 6.45) is 5.69. The average Bonchev–Trinajstić information content (AvgIpc) is 2.99. The summed E-state index contributed by atoms with van der Waals surface area (Å²) in [5.41, 5.74) is 5.49. The first-order valence-corrected chi connectivity index (χ1v) is 16.2. The van der Waals surface area contributed by atoms with E-state index in [9.17, 15) is 24.0 Å². The molecule has 3 atom stereocenters. The van der Waals surface area contributed by atoms with Crippen LogP contribution < -0.4 is 16.4 Å². The van der Waals surface area contributed by atoms with Crippen molar-refractivity contribution in [3.63, 3.8) is 0 Å². The lowest BCUT2D eigenvalue weighted by Gasteiger charge is -2.35. The Kier molecular flexibility index (Phi) is 14.7. The fraction of sp³-hybridized carbons (Fsp3) is 0.486. The number of esters is 1. The molecule has 2 rings (SSSR count). The van der Waals surface area contributed by atoms with E-state index in [2.05, 4.69) is 16.6 Å². The molecular formula is C37H50N4O7. The largest absolute Gasteiger partial charge is 0.458 e. The molecule has 4 N–H and O–H groups in total. The molecule has 11 heteroatoms. The third-order valence-corrected chi connectivity index (χ3v) is 6.95. The number of amides is 4. The van der Waals surface area contributed by atoms with E-state index in [1.807, 2.05) is 37.3 Å². The molecule has 0 aromatic heterocycles. The predicted octanol–water partition coefficient (Wildman–Crippen LogP) is 4.57. The van der Waals surface area contributed by atoms with Crippen LogP contribution in [0.5, 0.6) is 0 Å². The summed E-state index contributed by atoms with van der Waals surface area (Å²) in [5, 5.41) is 5.43. The molecule has 0 aliphatic heterocycles. The Labute approximate surface area is 284 Å². The first kappa shape index (κ1) is 39.3. The average molecular weight is 663 g/mol. The van der Waals surface area contributed by atoms with Crippen molar-refractivity contribution in [1.82, 2.24) is 15.5 Å². The second kappa shape index (κ2) is 17.9. The molecule has 4 amide bonds. The smallest absolute Gasteiger partial charge is 0.408 e. The third-order valence-electron chi connectivity index (χ3n) is 6.95. The number of unbranched alkanes of at least 4 members (excludes halogenated alkanes) is 1. The Balaban J connectivity index is 2.64. The number of alkyl carbamates (subject to hydrolysis) is 1. The molecule has 2 aromatic rings. The zero-order valence-electron chi connectivity index (χ0n) is 29.1. The number of carbonyl (C=O) groups excluding carboxylic acids is 5. The van der Waals surface area contributed by atoms with Crippen molar-refractivity contribution in [2.75, 3.05) is 6.54 Å². The van der Waals surface area contributed by atoms with Gasteiger partial charge in [-0.15, -0.1) is 6.42 Å². The topological polar surface area (TPSA) is 157 Å². The Morgan fingerprint density at radius 1 is 0.875 bits per heavy atom. The number of ether oxygens (including phenoxy) is 2. The highest BCUT2D eigenvalue weighted by Gasteiger charge is 2.38. The quantitative estimate of drug-likeness (QED) is 0.186. The highest BCUT2D eigenvalue weighted by Crippen LogP contribution is 2.25. The van der Waals surface area contributed by atoms with Gasteiger partial charge in [0, 0.05) is 24.9 Å². The molecular weight excluding hydrogens is 612 g/mol. The number of primary amides is 1. The van der Waals surface area contributed by atoms with Crippen molar-refractivity contribution >= 4 is 29.8 Å². The summed E-state index contributed by atoms with van der Waals surface area (Å²) < 4.78 is 11.1. The summed E-state index contributed by atoms with van der Waals surface area (Å²) in [7, 11) is 0. The SMILES string of the molecule is C#Cc1ccc(C(C(=O)NC(Cc2ccccc2)C(=O)OC(C)(C)C)N(CCCC)C(=O)C(CCC(N)=O)NC(=O)OC(C)(C)C)cc1. The monoisotopic (exact) mass is 662 g/mol. The number of carbonyl (C=O) groups is 5. The van der Waals surface area contributed by atoms with E-state index >= 15 is 0 Å². The van der Waals surface area contributed by atoms with Gasteiger partial charge in [-0.3, -0.25) is 14.4 Å². The van der Waals surface area contributed by atoms with Crippen molar-refractivity contribution in [2.45, 2.75) is 110 Å². The highest BCUT2D eigenvalue weighted by atomic mass is 16.6. The van der Waals surface area contributed by atoms with Crippen LogP contribution in [-0.2, 0) is 35.1 Å².